The Bertz CT molecular complexity index is 658. The van der Waals surface area contributed by atoms with Crippen LogP contribution < -0.4 is 5.32 Å². The second kappa shape index (κ2) is 5.88. The smallest absolute Gasteiger partial charge is 0.328 e. The van der Waals surface area contributed by atoms with Crippen molar-refractivity contribution in [1.29, 1.82) is 0 Å². The lowest BCUT2D eigenvalue weighted by molar-refractivity contribution is -0.131. The molecule has 2 aromatic rings. The average molecular weight is 270 g/mol. The highest BCUT2D eigenvalue weighted by atomic mass is 16.4. The minimum Gasteiger partial charge on any atom is -0.478 e. The molecule has 0 spiro atoms. The van der Waals surface area contributed by atoms with E-state index in [-0.39, 0.29) is 5.91 Å². The number of carboxylic acid groups (broad SMARTS) is 1. The lowest BCUT2D eigenvalue weighted by atomic mass is 10.1. The molecule has 5 nitrogen and oxygen atoms in total. The summed E-state index contributed by atoms with van der Waals surface area (Å²) in [5.41, 5.74) is 2.80. The third-order valence-corrected chi connectivity index (χ3v) is 2.76. The zero-order chi connectivity index (χ0) is 14.5. The Morgan fingerprint density at radius 3 is 2.70 bits per heavy atom. The van der Waals surface area contributed by atoms with Crippen LogP contribution in [-0.2, 0) is 4.79 Å². The Morgan fingerprint density at radius 1 is 1.30 bits per heavy atom. The summed E-state index contributed by atoms with van der Waals surface area (Å²) < 4.78 is 0. The fraction of sp³-hybridized carbons (Fsp3) is 0.0667. The van der Waals surface area contributed by atoms with Crippen molar-refractivity contribution in [3.8, 4) is 0 Å². The summed E-state index contributed by atoms with van der Waals surface area (Å²) in [4.78, 5) is 25.2. The summed E-state index contributed by atoms with van der Waals surface area (Å²) in [6.45, 7) is 1.85. The molecule has 0 bridgehead atoms. The number of benzene rings is 1. The number of H-pyrrole nitrogens is 1. The first-order chi connectivity index (χ1) is 9.56. The first kappa shape index (κ1) is 13.6. The number of aliphatic carboxylic acids is 1. The zero-order valence-corrected chi connectivity index (χ0v) is 10.9. The van der Waals surface area contributed by atoms with Gasteiger partial charge >= 0.3 is 5.97 Å². The normalized spacial score (nSPS) is 10.7. The van der Waals surface area contributed by atoms with Gasteiger partial charge in [-0.15, -0.1) is 0 Å². The molecule has 0 unspecified atom stereocenters. The van der Waals surface area contributed by atoms with Crippen LogP contribution in [0.15, 0.2) is 42.6 Å². The van der Waals surface area contributed by atoms with Crippen LogP contribution in [0.1, 0.15) is 21.6 Å². The Kier molecular flexibility index (Phi) is 4.00. The number of aromatic amines is 1. The second-order valence-corrected chi connectivity index (χ2v) is 4.28. The molecule has 0 aliphatic heterocycles. The van der Waals surface area contributed by atoms with Crippen molar-refractivity contribution in [3.63, 3.8) is 0 Å². The summed E-state index contributed by atoms with van der Waals surface area (Å²) in [6.07, 6.45) is 4.26. The predicted octanol–water partition coefficient (Wildman–Crippen LogP) is 2.67. The number of nitrogens with one attached hydrogen (secondary N) is 2. The minimum absolute atomic E-state index is 0.216. The van der Waals surface area contributed by atoms with Gasteiger partial charge in [0.05, 0.1) is 0 Å². The van der Waals surface area contributed by atoms with E-state index >= 15 is 0 Å². The molecule has 0 aliphatic carbocycles. The number of aryl methyl sites for hydroxylation is 1. The Hall–Kier alpha value is -2.82. The van der Waals surface area contributed by atoms with Gasteiger partial charge in [0.2, 0.25) is 0 Å². The minimum atomic E-state index is -0.994. The lowest BCUT2D eigenvalue weighted by Crippen LogP contribution is -2.13. The van der Waals surface area contributed by atoms with Crippen molar-refractivity contribution in [3.05, 3.63) is 59.4 Å². The second-order valence-electron chi connectivity index (χ2n) is 4.28. The van der Waals surface area contributed by atoms with E-state index in [1.54, 1.807) is 30.5 Å². The third kappa shape index (κ3) is 3.35. The van der Waals surface area contributed by atoms with Gasteiger partial charge in [0.25, 0.3) is 5.91 Å². The van der Waals surface area contributed by atoms with Gasteiger partial charge < -0.3 is 15.4 Å². The molecule has 1 aromatic carbocycles. The molecule has 102 valence electrons. The van der Waals surface area contributed by atoms with Crippen LogP contribution in [0.3, 0.4) is 0 Å². The zero-order valence-electron chi connectivity index (χ0n) is 10.9. The van der Waals surface area contributed by atoms with E-state index in [0.717, 1.165) is 17.2 Å². The van der Waals surface area contributed by atoms with Crippen molar-refractivity contribution in [2.45, 2.75) is 6.92 Å². The predicted molar refractivity (Wildman–Crippen MR) is 76.6 cm³/mol. The molecule has 0 aliphatic rings. The Balaban J connectivity index is 2.14. The number of amides is 1. The molecular formula is C15H14N2O3. The van der Waals surface area contributed by atoms with E-state index in [1.807, 2.05) is 13.0 Å². The van der Waals surface area contributed by atoms with Gasteiger partial charge in [-0.25, -0.2) is 4.79 Å². The van der Waals surface area contributed by atoms with Crippen molar-refractivity contribution in [2.75, 3.05) is 5.32 Å². The molecule has 1 amide bonds. The molecule has 0 saturated carbocycles. The average Bonchev–Trinajstić information content (AvgIpc) is 2.93. The maximum Gasteiger partial charge on any atom is 0.328 e. The number of carboxylic acids is 1. The maximum absolute atomic E-state index is 11.9. The molecule has 1 aromatic heterocycles. The van der Waals surface area contributed by atoms with E-state index in [1.165, 1.54) is 6.08 Å². The highest BCUT2D eigenvalue weighted by Crippen LogP contribution is 2.18. The number of hydrogen-bond acceptors (Lipinski definition) is 2. The van der Waals surface area contributed by atoms with Gasteiger partial charge in [0.15, 0.2) is 0 Å². The fourth-order valence-corrected chi connectivity index (χ4v) is 1.76. The van der Waals surface area contributed by atoms with Gasteiger partial charge in [0.1, 0.15) is 5.69 Å². The number of carbonyl (C=O) groups is 2. The van der Waals surface area contributed by atoms with Crippen molar-refractivity contribution in [1.82, 2.24) is 4.98 Å². The summed E-state index contributed by atoms with van der Waals surface area (Å²) >= 11 is 0. The summed E-state index contributed by atoms with van der Waals surface area (Å²) in [5.74, 6) is -1.21. The maximum atomic E-state index is 11.9. The van der Waals surface area contributed by atoms with Gasteiger partial charge in [-0.1, -0.05) is 6.07 Å². The SMILES string of the molecule is Cc1cc(C=CC(=O)O)ccc1NC(=O)c1ccc[nH]1. The van der Waals surface area contributed by atoms with Crippen molar-refractivity contribution < 1.29 is 14.7 Å². The number of rotatable bonds is 4. The molecule has 2 rings (SSSR count). The van der Waals surface area contributed by atoms with E-state index in [9.17, 15) is 9.59 Å². The molecule has 0 atom stereocenters. The first-order valence-corrected chi connectivity index (χ1v) is 6.02. The van der Waals surface area contributed by atoms with Crippen LogP contribution >= 0.6 is 0 Å². The molecule has 1 heterocycles. The molecule has 20 heavy (non-hydrogen) atoms. The van der Waals surface area contributed by atoms with Gasteiger partial charge in [-0.3, -0.25) is 4.79 Å². The largest absolute Gasteiger partial charge is 0.478 e. The Labute approximate surface area is 115 Å². The summed E-state index contributed by atoms with van der Waals surface area (Å²) in [5, 5.41) is 11.4. The van der Waals surface area contributed by atoms with E-state index in [4.69, 9.17) is 5.11 Å². The summed E-state index contributed by atoms with van der Waals surface area (Å²) in [7, 11) is 0. The van der Waals surface area contributed by atoms with E-state index in [0.29, 0.717) is 11.4 Å². The quantitative estimate of drug-likeness (QED) is 0.747. The number of hydrogen-bond donors (Lipinski definition) is 3. The van der Waals surface area contributed by atoms with Crippen LogP contribution in [0.5, 0.6) is 0 Å². The first-order valence-electron chi connectivity index (χ1n) is 6.02. The number of anilines is 1. The highest BCUT2D eigenvalue weighted by molar-refractivity contribution is 6.03. The molecule has 0 fully saturated rings. The van der Waals surface area contributed by atoms with Crippen LogP contribution in [-0.4, -0.2) is 22.0 Å². The van der Waals surface area contributed by atoms with Gasteiger partial charge in [-0.2, -0.15) is 0 Å². The number of aromatic nitrogens is 1. The van der Waals surface area contributed by atoms with Crippen LogP contribution in [0, 0.1) is 6.92 Å². The highest BCUT2D eigenvalue weighted by Gasteiger charge is 2.08. The monoisotopic (exact) mass is 270 g/mol. The van der Waals surface area contributed by atoms with Crippen molar-refractivity contribution in [2.24, 2.45) is 0 Å². The molecule has 0 saturated heterocycles. The van der Waals surface area contributed by atoms with Crippen LogP contribution in [0.2, 0.25) is 0 Å². The van der Waals surface area contributed by atoms with Crippen molar-refractivity contribution >= 4 is 23.6 Å². The Morgan fingerprint density at radius 2 is 2.10 bits per heavy atom. The molecule has 5 heteroatoms. The standard InChI is InChI=1S/C15H14N2O3/c1-10-9-11(5-7-14(18)19)4-6-12(10)17-15(20)13-3-2-8-16-13/h2-9,16H,1H3,(H,17,20)(H,18,19). The van der Waals surface area contributed by atoms with E-state index < -0.39 is 5.97 Å². The topological polar surface area (TPSA) is 82.2 Å². The van der Waals surface area contributed by atoms with Gasteiger partial charge in [-0.05, 0) is 48.4 Å². The molecule has 0 radical (unpaired) electrons. The van der Waals surface area contributed by atoms with E-state index in [2.05, 4.69) is 10.3 Å². The van der Waals surface area contributed by atoms with Crippen LogP contribution in [0.25, 0.3) is 6.08 Å². The number of carbonyl (C=O) groups excluding carboxylic acids is 1. The van der Waals surface area contributed by atoms with Gasteiger partial charge in [0, 0.05) is 18.0 Å². The van der Waals surface area contributed by atoms with Crippen LogP contribution in [0.4, 0.5) is 5.69 Å². The molecular weight excluding hydrogens is 256 g/mol. The summed E-state index contributed by atoms with van der Waals surface area (Å²) in [6, 6.07) is 8.74. The third-order valence-electron chi connectivity index (χ3n) is 2.76. The fourth-order valence-electron chi connectivity index (χ4n) is 1.76. The molecule has 3 N–H and O–H groups in total. The lowest BCUT2D eigenvalue weighted by Gasteiger charge is -2.08.